The van der Waals surface area contributed by atoms with E-state index in [0.29, 0.717) is 29.5 Å². The minimum Gasteiger partial charge on any atom is -0.313 e. The lowest BCUT2D eigenvalue weighted by Crippen LogP contribution is -2.08. The first kappa shape index (κ1) is 12.0. The lowest BCUT2D eigenvalue weighted by molar-refractivity contribution is 0.617. The molecule has 4 nitrogen and oxygen atoms in total. The molecule has 0 saturated carbocycles. The number of nitrogens with one attached hydrogen (secondary N) is 1. The summed E-state index contributed by atoms with van der Waals surface area (Å²) in [4.78, 5) is 4.11. The van der Waals surface area contributed by atoms with E-state index in [0.717, 1.165) is 0 Å². The van der Waals surface area contributed by atoms with Gasteiger partial charge in [-0.2, -0.15) is 5.10 Å². The van der Waals surface area contributed by atoms with Crippen LogP contribution in [-0.2, 0) is 13.1 Å². The van der Waals surface area contributed by atoms with Crippen molar-refractivity contribution in [1.29, 1.82) is 0 Å². The third-order valence-corrected chi connectivity index (χ3v) is 2.63. The Balaban J connectivity index is 2.16. The van der Waals surface area contributed by atoms with Gasteiger partial charge in [-0.3, -0.25) is 0 Å². The molecule has 1 aromatic heterocycles. The van der Waals surface area contributed by atoms with Crippen molar-refractivity contribution < 1.29 is 4.39 Å². The molecule has 0 fully saturated rings. The summed E-state index contributed by atoms with van der Waals surface area (Å²) in [5.41, 5.74) is 0.688. The molecule has 0 unspecified atom stereocenters. The molecule has 1 aromatic carbocycles. The second-order valence-corrected chi connectivity index (χ2v) is 4.03. The van der Waals surface area contributed by atoms with E-state index < -0.39 is 0 Å². The first-order valence-electron chi connectivity index (χ1n) is 5.16. The Morgan fingerprint density at radius 1 is 1.47 bits per heavy atom. The number of hydrogen-bond acceptors (Lipinski definition) is 3. The Morgan fingerprint density at radius 2 is 2.29 bits per heavy atom. The van der Waals surface area contributed by atoms with E-state index in [-0.39, 0.29) is 5.82 Å². The van der Waals surface area contributed by atoms with Crippen molar-refractivity contribution in [1.82, 2.24) is 20.1 Å². The molecule has 0 aliphatic carbocycles. The molecule has 0 radical (unpaired) electrons. The number of benzene rings is 1. The summed E-state index contributed by atoms with van der Waals surface area (Å²) < 4.78 is 14.7. The van der Waals surface area contributed by atoms with Gasteiger partial charge in [0, 0.05) is 5.02 Å². The molecule has 0 aliphatic heterocycles. The normalized spacial score (nSPS) is 10.8. The van der Waals surface area contributed by atoms with E-state index in [1.165, 1.54) is 18.2 Å². The van der Waals surface area contributed by atoms with E-state index in [2.05, 4.69) is 15.4 Å². The Morgan fingerprint density at radius 3 is 3.06 bits per heavy atom. The van der Waals surface area contributed by atoms with Crippen molar-refractivity contribution in [2.75, 3.05) is 7.05 Å². The maximum atomic E-state index is 13.1. The van der Waals surface area contributed by atoms with Crippen molar-refractivity contribution in [3.05, 3.63) is 46.8 Å². The van der Waals surface area contributed by atoms with E-state index in [1.807, 2.05) is 7.05 Å². The van der Waals surface area contributed by atoms with Crippen LogP contribution in [0.3, 0.4) is 0 Å². The summed E-state index contributed by atoms with van der Waals surface area (Å²) in [6.45, 7) is 1.01. The lowest BCUT2D eigenvalue weighted by atomic mass is 10.2. The van der Waals surface area contributed by atoms with Gasteiger partial charge in [0.05, 0.1) is 13.1 Å². The SMILES string of the molecule is CNCc1ncn(Cc2cc(F)ccc2Cl)n1. The molecule has 90 valence electrons. The van der Waals surface area contributed by atoms with Crippen LogP contribution in [0.15, 0.2) is 24.5 Å². The summed E-state index contributed by atoms with van der Waals surface area (Å²) in [5, 5.41) is 7.71. The minimum atomic E-state index is -0.306. The largest absolute Gasteiger partial charge is 0.313 e. The van der Waals surface area contributed by atoms with Crippen LogP contribution >= 0.6 is 11.6 Å². The first-order chi connectivity index (χ1) is 8.19. The number of rotatable bonds is 4. The van der Waals surface area contributed by atoms with Crippen LogP contribution in [0.1, 0.15) is 11.4 Å². The molecule has 0 amide bonds. The van der Waals surface area contributed by atoms with E-state index in [9.17, 15) is 4.39 Å². The topological polar surface area (TPSA) is 42.7 Å². The third kappa shape index (κ3) is 3.01. The molecule has 0 aliphatic rings. The Hall–Kier alpha value is -1.46. The van der Waals surface area contributed by atoms with Gasteiger partial charge in [-0.05, 0) is 30.8 Å². The molecule has 2 rings (SSSR count). The maximum Gasteiger partial charge on any atom is 0.164 e. The van der Waals surface area contributed by atoms with Crippen LogP contribution in [0.5, 0.6) is 0 Å². The highest BCUT2D eigenvalue weighted by Crippen LogP contribution is 2.17. The predicted octanol–water partition coefficient (Wildman–Crippen LogP) is 1.84. The van der Waals surface area contributed by atoms with E-state index in [1.54, 1.807) is 11.0 Å². The number of halogens is 2. The summed E-state index contributed by atoms with van der Waals surface area (Å²) >= 11 is 5.97. The third-order valence-electron chi connectivity index (χ3n) is 2.26. The molecular weight excluding hydrogens is 243 g/mol. The summed E-state index contributed by atoms with van der Waals surface area (Å²) in [6, 6.07) is 4.28. The van der Waals surface area contributed by atoms with Gasteiger partial charge >= 0.3 is 0 Å². The molecule has 1 heterocycles. The van der Waals surface area contributed by atoms with Crippen LogP contribution in [0.4, 0.5) is 4.39 Å². The molecule has 6 heteroatoms. The maximum absolute atomic E-state index is 13.1. The molecule has 0 spiro atoms. The zero-order chi connectivity index (χ0) is 12.3. The fraction of sp³-hybridized carbons (Fsp3) is 0.273. The quantitative estimate of drug-likeness (QED) is 0.905. The standard InChI is InChI=1S/C11H12ClFN4/c1-14-5-11-15-7-17(16-11)6-8-4-9(13)2-3-10(8)12/h2-4,7,14H,5-6H2,1H3. The predicted molar refractivity (Wildman–Crippen MR) is 63.3 cm³/mol. The van der Waals surface area contributed by atoms with Gasteiger partial charge < -0.3 is 5.32 Å². The van der Waals surface area contributed by atoms with E-state index >= 15 is 0 Å². The van der Waals surface area contributed by atoms with Gasteiger partial charge in [-0.25, -0.2) is 14.1 Å². The van der Waals surface area contributed by atoms with Crippen LogP contribution in [0, 0.1) is 5.82 Å². The Bertz CT molecular complexity index is 512. The fourth-order valence-electron chi connectivity index (χ4n) is 1.49. The number of aromatic nitrogens is 3. The van der Waals surface area contributed by atoms with Crippen molar-refractivity contribution in [2.24, 2.45) is 0 Å². The fourth-order valence-corrected chi connectivity index (χ4v) is 1.66. The van der Waals surface area contributed by atoms with Gasteiger partial charge in [0.25, 0.3) is 0 Å². The second-order valence-electron chi connectivity index (χ2n) is 3.62. The van der Waals surface area contributed by atoms with Gasteiger partial charge in [0.1, 0.15) is 12.1 Å². The minimum absolute atomic E-state index is 0.306. The number of hydrogen-bond donors (Lipinski definition) is 1. The van der Waals surface area contributed by atoms with Crippen molar-refractivity contribution in [3.63, 3.8) is 0 Å². The zero-order valence-electron chi connectivity index (χ0n) is 9.32. The molecular formula is C11H12ClFN4. The summed E-state index contributed by atoms with van der Waals surface area (Å²) in [6.07, 6.45) is 1.61. The zero-order valence-corrected chi connectivity index (χ0v) is 10.1. The van der Waals surface area contributed by atoms with Crippen molar-refractivity contribution >= 4 is 11.6 Å². The van der Waals surface area contributed by atoms with Crippen LogP contribution in [0.2, 0.25) is 5.02 Å². The number of nitrogens with zero attached hydrogens (tertiary/aromatic N) is 3. The molecule has 1 N–H and O–H groups in total. The van der Waals surface area contributed by atoms with Crippen LogP contribution < -0.4 is 5.32 Å². The smallest absolute Gasteiger partial charge is 0.164 e. The Kier molecular flexibility index (Phi) is 3.71. The van der Waals surface area contributed by atoms with Crippen LogP contribution in [0.25, 0.3) is 0 Å². The molecule has 17 heavy (non-hydrogen) atoms. The molecule has 0 saturated heterocycles. The molecule has 2 aromatic rings. The lowest BCUT2D eigenvalue weighted by Gasteiger charge is -2.03. The summed E-state index contributed by atoms with van der Waals surface area (Å²) in [5.74, 6) is 0.389. The highest BCUT2D eigenvalue weighted by atomic mass is 35.5. The molecule has 0 atom stereocenters. The van der Waals surface area contributed by atoms with Crippen LogP contribution in [-0.4, -0.2) is 21.8 Å². The van der Waals surface area contributed by atoms with Crippen molar-refractivity contribution in [2.45, 2.75) is 13.1 Å². The second kappa shape index (κ2) is 5.25. The summed E-state index contributed by atoms with van der Waals surface area (Å²) in [7, 11) is 1.82. The first-order valence-corrected chi connectivity index (χ1v) is 5.53. The average Bonchev–Trinajstić information content (AvgIpc) is 2.72. The molecule has 0 bridgehead atoms. The van der Waals surface area contributed by atoms with E-state index in [4.69, 9.17) is 11.6 Å². The van der Waals surface area contributed by atoms with Gasteiger partial charge in [0.15, 0.2) is 5.82 Å². The van der Waals surface area contributed by atoms with Gasteiger partial charge in [-0.15, -0.1) is 0 Å². The Labute approximate surface area is 103 Å². The van der Waals surface area contributed by atoms with Gasteiger partial charge in [-0.1, -0.05) is 11.6 Å². The van der Waals surface area contributed by atoms with Crippen molar-refractivity contribution in [3.8, 4) is 0 Å². The highest BCUT2D eigenvalue weighted by molar-refractivity contribution is 6.31. The average molecular weight is 255 g/mol. The monoisotopic (exact) mass is 254 g/mol. The highest BCUT2D eigenvalue weighted by Gasteiger charge is 2.05. The van der Waals surface area contributed by atoms with Gasteiger partial charge in [0.2, 0.25) is 0 Å².